The van der Waals surface area contributed by atoms with Gasteiger partial charge in [-0.3, -0.25) is 10.00 Å². The number of H-pyrrole nitrogens is 1. The van der Waals surface area contributed by atoms with Gasteiger partial charge in [-0.15, -0.1) is 0 Å². The molecule has 3 heterocycles. The van der Waals surface area contributed by atoms with Gasteiger partial charge in [-0.1, -0.05) is 35.5 Å². The third-order valence-corrected chi connectivity index (χ3v) is 4.11. The Hall–Kier alpha value is -2.54. The third kappa shape index (κ3) is 2.87. The zero-order chi connectivity index (χ0) is 15.6. The zero-order valence-corrected chi connectivity index (χ0v) is 12.9. The van der Waals surface area contributed by atoms with Crippen LogP contribution in [0.1, 0.15) is 36.4 Å². The summed E-state index contributed by atoms with van der Waals surface area (Å²) in [5, 5.41) is 11.3. The van der Waals surface area contributed by atoms with E-state index in [0.717, 1.165) is 36.6 Å². The first kappa shape index (κ1) is 14.1. The van der Waals surface area contributed by atoms with Gasteiger partial charge in [0.05, 0.1) is 12.6 Å². The molecular weight excluding hydrogens is 292 g/mol. The van der Waals surface area contributed by atoms with Gasteiger partial charge in [-0.25, -0.2) is 4.98 Å². The van der Waals surface area contributed by atoms with E-state index >= 15 is 0 Å². The van der Waals surface area contributed by atoms with E-state index in [1.165, 1.54) is 0 Å². The quantitative estimate of drug-likeness (QED) is 0.797. The second kappa shape index (κ2) is 5.92. The van der Waals surface area contributed by atoms with Crippen molar-refractivity contribution in [1.82, 2.24) is 30.2 Å². The number of aromatic amines is 1. The van der Waals surface area contributed by atoms with Crippen LogP contribution in [-0.4, -0.2) is 36.8 Å². The minimum Gasteiger partial charge on any atom is -0.338 e. The molecule has 0 saturated carbocycles. The molecule has 7 nitrogen and oxygen atoms in total. The monoisotopic (exact) mass is 310 g/mol. The highest BCUT2D eigenvalue weighted by Crippen LogP contribution is 2.31. The molecule has 118 valence electrons. The van der Waals surface area contributed by atoms with E-state index in [1.807, 2.05) is 37.3 Å². The van der Waals surface area contributed by atoms with E-state index < -0.39 is 0 Å². The molecule has 1 saturated heterocycles. The molecule has 1 atom stereocenters. The first-order valence-electron chi connectivity index (χ1n) is 7.80. The summed E-state index contributed by atoms with van der Waals surface area (Å²) in [6.07, 6.45) is 2.18. The largest absolute Gasteiger partial charge is 0.338 e. The van der Waals surface area contributed by atoms with Crippen molar-refractivity contribution in [2.45, 2.75) is 32.4 Å². The lowest BCUT2D eigenvalue weighted by molar-refractivity contribution is 0.206. The first-order valence-corrected chi connectivity index (χ1v) is 7.80. The molecule has 1 unspecified atom stereocenters. The lowest BCUT2D eigenvalue weighted by Gasteiger charge is -2.19. The predicted octanol–water partition coefficient (Wildman–Crippen LogP) is 2.50. The molecule has 4 rings (SSSR count). The van der Waals surface area contributed by atoms with Crippen molar-refractivity contribution in [3.8, 4) is 11.4 Å². The van der Waals surface area contributed by atoms with E-state index in [1.54, 1.807) is 0 Å². The molecule has 23 heavy (non-hydrogen) atoms. The Kier molecular flexibility index (Phi) is 3.63. The van der Waals surface area contributed by atoms with Crippen LogP contribution in [0.5, 0.6) is 0 Å². The summed E-state index contributed by atoms with van der Waals surface area (Å²) in [6.45, 7) is 3.53. The van der Waals surface area contributed by atoms with Crippen molar-refractivity contribution in [3.05, 3.63) is 47.9 Å². The molecular formula is C16H18N6O. The van der Waals surface area contributed by atoms with Gasteiger partial charge < -0.3 is 4.52 Å². The molecule has 1 aliphatic heterocycles. The van der Waals surface area contributed by atoms with Crippen molar-refractivity contribution in [2.24, 2.45) is 0 Å². The van der Waals surface area contributed by atoms with Crippen LogP contribution in [0.3, 0.4) is 0 Å². The fourth-order valence-corrected chi connectivity index (χ4v) is 3.01. The van der Waals surface area contributed by atoms with Crippen LogP contribution in [0.25, 0.3) is 11.4 Å². The van der Waals surface area contributed by atoms with Gasteiger partial charge in [-0.2, -0.15) is 10.1 Å². The smallest absolute Gasteiger partial charge is 0.241 e. The number of hydrogen-bond acceptors (Lipinski definition) is 6. The molecule has 1 aliphatic rings. The Labute approximate surface area is 133 Å². The Morgan fingerprint density at radius 2 is 2.13 bits per heavy atom. The average Bonchev–Trinajstić information content (AvgIpc) is 3.29. The van der Waals surface area contributed by atoms with Crippen molar-refractivity contribution < 1.29 is 4.52 Å². The fraction of sp³-hybridized carbons (Fsp3) is 0.375. The Bertz CT molecular complexity index is 781. The van der Waals surface area contributed by atoms with Gasteiger partial charge in [0.25, 0.3) is 0 Å². The van der Waals surface area contributed by atoms with E-state index in [9.17, 15) is 0 Å². The topological polar surface area (TPSA) is 83.7 Å². The van der Waals surface area contributed by atoms with E-state index in [2.05, 4.69) is 30.2 Å². The predicted molar refractivity (Wildman–Crippen MR) is 83.2 cm³/mol. The van der Waals surface area contributed by atoms with Gasteiger partial charge in [0, 0.05) is 5.56 Å². The number of hydrogen-bond donors (Lipinski definition) is 1. The van der Waals surface area contributed by atoms with Crippen LogP contribution in [0.15, 0.2) is 34.9 Å². The van der Waals surface area contributed by atoms with E-state index in [4.69, 9.17) is 4.52 Å². The number of nitrogens with one attached hydrogen (secondary N) is 1. The maximum absolute atomic E-state index is 5.42. The molecule has 3 aromatic rings. The molecule has 0 aliphatic carbocycles. The van der Waals surface area contributed by atoms with Gasteiger partial charge in [0.1, 0.15) is 5.82 Å². The summed E-state index contributed by atoms with van der Waals surface area (Å²) in [7, 11) is 0. The number of aryl methyl sites for hydroxylation is 1. The first-order chi connectivity index (χ1) is 11.3. The summed E-state index contributed by atoms with van der Waals surface area (Å²) in [5.41, 5.74) is 0.963. The lowest BCUT2D eigenvalue weighted by Crippen LogP contribution is -2.23. The molecule has 2 aromatic heterocycles. The van der Waals surface area contributed by atoms with Gasteiger partial charge in [0.15, 0.2) is 5.82 Å². The summed E-state index contributed by atoms with van der Waals surface area (Å²) in [6, 6.07) is 10.1. The second-order valence-corrected chi connectivity index (χ2v) is 5.79. The lowest BCUT2D eigenvalue weighted by atomic mass is 10.2. The highest BCUT2D eigenvalue weighted by atomic mass is 16.5. The fourth-order valence-electron chi connectivity index (χ4n) is 3.01. The molecule has 7 heteroatoms. The minimum atomic E-state index is 0.215. The average molecular weight is 310 g/mol. The summed E-state index contributed by atoms with van der Waals surface area (Å²) in [5.74, 6) is 2.95. The van der Waals surface area contributed by atoms with Crippen LogP contribution in [-0.2, 0) is 6.54 Å². The van der Waals surface area contributed by atoms with Crippen LogP contribution >= 0.6 is 0 Å². The van der Waals surface area contributed by atoms with E-state index in [0.29, 0.717) is 18.3 Å². The number of benzene rings is 1. The molecule has 0 bridgehead atoms. The van der Waals surface area contributed by atoms with Crippen LogP contribution < -0.4 is 0 Å². The van der Waals surface area contributed by atoms with Crippen molar-refractivity contribution in [3.63, 3.8) is 0 Å². The normalized spacial score (nSPS) is 18.6. The molecule has 1 aromatic carbocycles. The van der Waals surface area contributed by atoms with Crippen molar-refractivity contribution in [2.75, 3.05) is 6.54 Å². The van der Waals surface area contributed by atoms with Gasteiger partial charge in [-0.05, 0) is 26.3 Å². The maximum atomic E-state index is 5.42. The highest BCUT2D eigenvalue weighted by molar-refractivity contribution is 5.53. The van der Waals surface area contributed by atoms with Crippen molar-refractivity contribution in [1.29, 1.82) is 0 Å². The van der Waals surface area contributed by atoms with Gasteiger partial charge >= 0.3 is 0 Å². The van der Waals surface area contributed by atoms with Crippen LogP contribution in [0.2, 0.25) is 0 Å². The molecule has 0 radical (unpaired) electrons. The van der Waals surface area contributed by atoms with Crippen LogP contribution in [0, 0.1) is 6.92 Å². The SMILES string of the molecule is Cc1nc(C2CCCN2Cc2nc(-c3ccccc3)no2)n[nH]1. The zero-order valence-electron chi connectivity index (χ0n) is 12.9. The summed E-state index contributed by atoms with van der Waals surface area (Å²) >= 11 is 0. The van der Waals surface area contributed by atoms with Crippen molar-refractivity contribution >= 4 is 0 Å². The summed E-state index contributed by atoms with van der Waals surface area (Å²) < 4.78 is 5.42. The second-order valence-electron chi connectivity index (χ2n) is 5.79. The number of nitrogens with zero attached hydrogens (tertiary/aromatic N) is 5. The van der Waals surface area contributed by atoms with Crippen LogP contribution in [0.4, 0.5) is 0 Å². The molecule has 0 amide bonds. The third-order valence-electron chi connectivity index (χ3n) is 4.11. The molecule has 1 N–H and O–H groups in total. The summed E-state index contributed by atoms with van der Waals surface area (Å²) in [4.78, 5) is 11.3. The molecule has 0 spiro atoms. The minimum absolute atomic E-state index is 0.215. The van der Waals surface area contributed by atoms with Gasteiger partial charge in [0.2, 0.25) is 11.7 Å². The number of rotatable bonds is 4. The number of likely N-dealkylation sites (tertiary alicyclic amines) is 1. The van der Waals surface area contributed by atoms with E-state index in [-0.39, 0.29) is 6.04 Å². The maximum Gasteiger partial charge on any atom is 0.241 e. The standard InChI is InChI=1S/C16H18N6O/c1-11-17-16(20-19-11)13-8-5-9-22(13)10-14-18-15(21-23-14)12-6-3-2-4-7-12/h2-4,6-7,13H,5,8-10H2,1H3,(H,17,19,20). The Balaban J connectivity index is 1.50. The number of aromatic nitrogens is 5. The Morgan fingerprint density at radius 1 is 1.26 bits per heavy atom. The highest BCUT2D eigenvalue weighted by Gasteiger charge is 2.30. The molecule has 1 fully saturated rings. The Morgan fingerprint density at radius 3 is 2.91 bits per heavy atom.